The maximum absolute atomic E-state index is 12.7. The first-order valence-corrected chi connectivity index (χ1v) is 9.99. The highest BCUT2D eigenvalue weighted by Crippen LogP contribution is 2.17. The fourth-order valence-electron chi connectivity index (χ4n) is 3.53. The number of rotatable bonds is 7. The molecule has 154 valence electrons. The molecule has 1 saturated heterocycles. The van der Waals surface area contributed by atoms with E-state index in [0.29, 0.717) is 24.3 Å². The number of anilines is 2. The lowest BCUT2D eigenvalue weighted by atomic mass is 10.1. The first-order chi connectivity index (χ1) is 14.0. The molecule has 1 heterocycles. The molecule has 4 N–H and O–H groups in total. The Bertz CT molecular complexity index is 849. The quantitative estimate of drug-likeness (QED) is 0.622. The number of amides is 2. The lowest BCUT2D eigenvalue weighted by Gasteiger charge is -2.27. The van der Waals surface area contributed by atoms with Gasteiger partial charge in [-0.25, -0.2) is 4.79 Å². The van der Waals surface area contributed by atoms with E-state index in [0.717, 1.165) is 37.2 Å². The molecule has 7 heteroatoms. The number of hydrogen-bond donors (Lipinski definition) is 3. The maximum atomic E-state index is 12.7. The van der Waals surface area contributed by atoms with Crippen molar-refractivity contribution in [3.05, 3.63) is 59.7 Å². The van der Waals surface area contributed by atoms with Gasteiger partial charge in [-0.3, -0.25) is 4.79 Å². The molecule has 1 aliphatic rings. The number of nitrogen functional groups attached to an aromatic ring is 1. The zero-order chi connectivity index (χ0) is 20.6. The van der Waals surface area contributed by atoms with Gasteiger partial charge in [-0.15, -0.1) is 0 Å². The minimum Gasteiger partial charge on any atom is -0.465 e. The lowest BCUT2D eigenvalue weighted by molar-refractivity contribution is 0.0724. The van der Waals surface area contributed by atoms with Crippen LogP contribution in [-0.2, 0) is 6.54 Å². The molecule has 0 aromatic heterocycles. The smallest absolute Gasteiger partial charge is 0.407 e. The molecular weight excluding hydrogens is 368 g/mol. The van der Waals surface area contributed by atoms with Crippen molar-refractivity contribution in [2.45, 2.75) is 25.8 Å². The summed E-state index contributed by atoms with van der Waals surface area (Å²) in [6.45, 7) is 2.54. The SMILES string of the molecule is Nc1ccccc1NCCN(Cc1cccc(C(=O)N2CCCCC2)c1)C(=O)O. The summed E-state index contributed by atoms with van der Waals surface area (Å²) in [5.41, 5.74) is 8.72. The van der Waals surface area contributed by atoms with Crippen molar-refractivity contribution in [3.8, 4) is 0 Å². The van der Waals surface area contributed by atoms with Gasteiger partial charge in [0.1, 0.15) is 0 Å². The molecule has 0 radical (unpaired) electrons. The Morgan fingerprint density at radius 1 is 1.07 bits per heavy atom. The van der Waals surface area contributed by atoms with Crippen molar-refractivity contribution in [3.63, 3.8) is 0 Å². The minimum atomic E-state index is -0.999. The number of hydrogen-bond acceptors (Lipinski definition) is 4. The Balaban J connectivity index is 1.60. The van der Waals surface area contributed by atoms with Crippen LogP contribution in [0.3, 0.4) is 0 Å². The molecule has 2 amide bonds. The molecule has 7 nitrogen and oxygen atoms in total. The van der Waals surface area contributed by atoms with E-state index in [2.05, 4.69) is 5.32 Å². The summed E-state index contributed by atoms with van der Waals surface area (Å²) < 4.78 is 0. The Hall–Kier alpha value is -3.22. The third-order valence-electron chi connectivity index (χ3n) is 5.12. The van der Waals surface area contributed by atoms with Crippen molar-refractivity contribution in [1.82, 2.24) is 9.80 Å². The summed E-state index contributed by atoms with van der Waals surface area (Å²) in [5.74, 6) is 0.0228. The number of carboxylic acid groups (broad SMARTS) is 1. The van der Waals surface area contributed by atoms with Crippen molar-refractivity contribution in [2.24, 2.45) is 0 Å². The highest BCUT2D eigenvalue weighted by molar-refractivity contribution is 5.94. The van der Waals surface area contributed by atoms with Gasteiger partial charge in [0.25, 0.3) is 5.91 Å². The zero-order valence-electron chi connectivity index (χ0n) is 16.5. The third kappa shape index (κ3) is 5.63. The number of piperidine rings is 1. The van der Waals surface area contributed by atoms with Gasteiger partial charge in [0.2, 0.25) is 0 Å². The predicted octanol–water partition coefficient (Wildman–Crippen LogP) is 3.49. The second kappa shape index (κ2) is 9.82. The number of likely N-dealkylation sites (tertiary alicyclic amines) is 1. The van der Waals surface area contributed by atoms with E-state index in [1.54, 1.807) is 18.2 Å². The summed E-state index contributed by atoms with van der Waals surface area (Å²) in [6, 6.07) is 14.6. The Morgan fingerprint density at radius 2 is 1.83 bits per heavy atom. The summed E-state index contributed by atoms with van der Waals surface area (Å²) in [7, 11) is 0. The van der Waals surface area contributed by atoms with Crippen molar-refractivity contribution >= 4 is 23.4 Å². The third-order valence-corrected chi connectivity index (χ3v) is 5.12. The molecule has 1 fully saturated rings. The van der Waals surface area contributed by atoms with Crippen LogP contribution in [0.2, 0.25) is 0 Å². The van der Waals surface area contributed by atoms with E-state index in [-0.39, 0.29) is 12.5 Å². The summed E-state index contributed by atoms with van der Waals surface area (Å²) >= 11 is 0. The van der Waals surface area contributed by atoms with E-state index >= 15 is 0 Å². The maximum Gasteiger partial charge on any atom is 0.407 e. The van der Waals surface area contributed by atoms with Crippen molar-refractivity contribution < 1.29 is 14.7 Å². The van der Waals surface area contributed by atoms with E-state index in [9.17, 15) is 14.7 Å². The number of nitrogens with zero attached hydrogens (tertiary/aromatic N) is 2. The highest BCUT2D eigenvalue weighted by Gasteiger charge is 2.19. The van der Waals surface area contributed by atoms with Crippen LogP contribution >= 0.6 is 0 Å². The van der Waals surface area contributed by atoms with E-state index in [1.165, 1.54) is 11.3 Å². The number of para-hydroxylation sites is 2. The van der Waals surface area contributed by atoms with Crippen LogP contribution in [0.5, 0.6) is 0 Å². The summed E-state index contributed by atoms with van der Waals surface area (Å²) in [6.07, 6.45) is 2.24. The van der Waals surface area contributed by atoms with Crippen LogP contribution in [0.15, 0.2) is 48.5 Å². The molecule has 1 aliphatic heterocycles. The number of nitrogens with one attached hydrogen (secondary N) is 1. The van der Waals surface area contributed by atoms with Gasteiger partial charge in [0.05, 0.1) is 11.4 Å². The van der Waals surface area contributed by atoms with E-state index in [4.69, 9.17) is 5.73 Å². The van der Waals surface area contributed by atoms with Gasteiger partial charge in [-0.1, -0.05) is 24.3 Å². The lowest BCUT2D eigenvalue weighted by Crippen LogP contribution is -2.36. The fourth-order valence-corrected chi connectivity index (χ4v) is 3.53. The van der Waals surface area contributed by atoms with Crippen molar-refractivity contribution in [2.75, 3.05) is 37.2 Å². The first kappa shape index (κ1) is 20.5. The van der Waals surface area contributed by atoms with Crippen LogP contribution < -0.4 is 11.1 Å². The average Bonchev–Trinajstić information content (AvgIpc) is 2.74. The van der Waals surface area contributed by atoms with Crippen LogP contribution in [0.4, 0.5) is 16.2 Å². The molecule has 0 aliphatic carbocycles. The van der Waals surface area contributed by atoms with Gasteiger partial charge in [-0.2, -0.15) is 0 Å². The molecule has 0 unspecified atom stereocenters. The Labute approximate surface area is 171 Å². The number of nitrogens with two attached hydrogens (primary N) is 1. The standard InChI is InChI=1S/C22H28N4O3/c23-19-9-2-3-10-20(19)24-11-14-26(22(28)29)16-17-7-6-8-18(15-17)21(27)25-12-4-1-5-13-25/h2-3,6-10,15,24H,1,4-5,11-14,16,23H2,(H,28,29). The highest BCUT2D eigenvalue weighted by atomic mass is 16.4. The molecule has 0 atom stereocenters. The van der Waals surface area contributed by atoms with Crippen LogP contribution in [-0.4, -0.2) is 53.1 Å². The Kier molecular flexibility index (Phi) is 6.94. The largest absolute Gasteiger partial charge is 0.465 e. The minimum absolute atomic E-state index is 0.0228. The molecule has 3 rings (SSSR count). The molecule has 2 aromatic carbocycles. The van der Waals surface area contributed by atoms with Gasteiger partial charge in [-0.05, 0) is 49.1 Å². The second-order valence-corrected chi connectivity index (χ2v) is 7.27. The normalized spacial score (nSPS) is 13.7. The van der Waals surface area contributed by atoms with Gasteiger partial charge >= 0.3 is 6.09 Å². The predicted molar refractivity (Wildman–Crippen MR) is 114 cm³/mol. The fraction of sp³-hybridized carbons (Fsp3) is 0.364. The van der Waals surface area contributed by atoms with Crippen LogP contribution in [0.25, 0.3) is 0 Å². The molecule has 29 heavy (non-hydrogen) atoms. The molecule has 0 bridgehead atoms. The van der Waals surface area contributed by atoms with Crippen LogP contribution in [0.1, 0.15) is 35.2 Å². The van der Waals surface area contributed by atoms with Gasteiger partial charge in [0.15, 0.2) is 0 Å². The number of carbonyl (C=O) groups is 2. The summed E-state index contributed by atoms with van der Waals surface area (Å²) in [5, 5.41) is 12.7. The molecule has 0 spiro atoms. The number of carbonyl (C=O) groups excluding carboxylic acids is 1. The number of benzene rings is 2. The van der Waals surface area contributed by atoms with Gasteiger partial charge < -0.3 is 26.0 Å². The molecule has 0 saturated carbocycles. The van der Waals surface area contributed by atoms with Crippen molar-refractivity contribution in [1.29, 1.82) is 0 Å². The van der Waals surface area contributed by atoms with E-state index < -0.39 is 6.09 Å². The van der Waals surface area contributed by atoms with E-state index in [1.807, 2.05) is 35.2 Å². The first-order valence-electron chi connectivity index (χ1n) is 9.99. The zero-order valence-corrected chi connectivity index (χ0v) is 16.5. The molecule has 2 aromatic rings. The van der Waals surface area contributed by atoms with Gasteiger partial charge in [0, 0.05) is 38.3 Å². The van der Waals surface area contributed by atoms with Crippen LogP contribution in [0, 0.1) is 0 Å². The monoisotopic (exact) mass is 396 g/mol. The Morgan fingerprint density at radius 3 is 2.55 bits per heavy atom. The second-order valence-electron chi connectivity index (χ2n) is 7.27. The average molecular weight is 396 g/mol. The topological polar surface area (TPSA) is 98.9 Å². The molecular formula is C22H28N4O3. The summed E-state index contributed by atoms with van der Waals surface area (Å²) in [4.78, 5) is 27.6.